The number of benzene rings is 2. The molecule has 0 aliphatic heterocycles. The van der Waals surface area contributed by atoms with Gasteiger partial charge in [-0.25, -0.2) is 13.2 Å². The highest BCUT2D eigenvalue weighted by atomic mass is 32.2. The molecule has 2 aromatic carbocycles. The van der Waals surface area contributed by atoms with Crippen molar-refractivity contribution >= 4 is 27.4 Å². The van der Waals surface area contributed by atoms with Crippen molar-refractivity contribution in [2.24, 2.45) is 0 Å². The Morgan fingerprint density at radius 2 is 1.73 bits per heavy atom. The Morgan fingerprint density at radius 1 is 1.12 bits per heavy atom. The number of nitriles is 1. The van der Waals surface area contributed by atoms with E-state index < -0.39 is 27.8 Å². The Morgan fingerprint density at radius 3 is 2.31 bits per heavy atom. The standard InChI is InChI=1S/C18H16N2O5S/c1-12(17(21)20-16-6-4-3-5-14(16)11-19)25-18(22)13-7-9-15(10-8-13)26(2,23)24/h3-10,12H,1-2H3,(H,20,21). The van der Waals surface area contributed by atoms with Crippen molar-refractivity contribution in [3.63, 3.8) is 0 Å². The van der Waals surface area contributed by atoms with Crippen LogP contribution in [0.25, 0.3) is 0 Å². The van der Waals surface area contributed by atoms with Crippen LogP contribution in [0.4, 0.5) is 5.69 Å². The summed E-state index contributed by atoms with van der Waals surface area (Å²) >= 11 is 0. The Labute approximate surface area is 151 Å². The molecule has 0 saturated heterocycles. The minimum Gasteiger partial charge on any atom is -0.449 e. The first-order valence-electron chi connectivity index (χ1n) is 7.53. The fourth-order valence-corrected chi connectivity index (χ4v) is 2.67. The SMILES string of the molecule is CC(OC(=O)c1ccc(S(C)(=O)=O)cc1)C(=O)Nc1ccccc1C#N. The Hall–Kier alpha value is -3.18. The van der Waals surface area contributed by atoms with Crippen molar-refractivity contribution in [2.45, 2.75) is 17.9 Å². The topological polar surface area (TPSA) is 113 Å². The maximum atomic E-state index is 12.2. The molecule has 0 radical (unpaired) electrons. The van der Waals surface area contributed by atoms with Gasteiger partial charge >= 0.3 is 5.97 Å². The molecule has 0 aliphatic rings. The predicted molar refractivity (Wildman–Crippen MR) is 94.2 cm³/mol. The lowest BCUT2D eigenvalue weighted by molar-refractivity contribution is -0.123. The number of anilines is 1. The molecule has 8 heteroatoms. The number of ether oxygens (including phenoxy) is 1. The van der Waals surface area contributed by atoms with Gasteiger partial charge < -0.3 is 10.1 Å². The third kappa shape index (κ3) is 4.68. The number of para-hydroxylation sites is 1. The van der Waals surface area contributed by atoms with E-state index in [2.05, 4.69) is 5.32 Å². The maximum absolute atomic E-state index is 12.2. The number of amides is 1. The van der Waals surface area contributed by atoms with Crippen LogP contribution in [-0.4, -0.2) is 32.7 Å². The molecular formula is C18H16N2O5S. The van der Waals surface area contributed by atoms with E-state index in [1.54, 1.807) is 24.3 Å². The molecule has 0 fully saturated rings. The largest absolute Gasteiger partial charge is 0.449 e. The normalized spacial score (nSPS) is 11.9. The molecule has 1 N–H and O–H groups in total. The third-order valence-electron chi connectivity index (χ3n) is 3.48. The third-order valence-corrected chi connectivity index (χ3v) is 4.61. The smallest absolute Gasteiger partial charge is 0.338 e. The van der Waals surface area contributed by atoms with Gasteiger partial charge in [-0.1, -0.05) is 12.1 Å². The number of rotatable bonds is 5. The van der Waals surface area contributed by atoms with Crippen LogP contribution in [0.5, 0.6) is 0 Å². The zero-order valence-corrected chi connectivity index (χ0v) is 14.9. The minimum atomic E-state index is -3.37. The van der Waals surface area contributed by atoms with Crippen molar-refractivity contribution in [3.05, 3.63) is 59.7 Å². The number of carbonyl (C=O) groups is 2. The van der Waals surface area contributed by atoms with Crippen LogP contribution in [0.2, 0.25) is 0 Å². The quantitative estimate of drug-likeness (QED) is 0.805. The number of nitrogens with one attached hydrogen (secondary N) is 1. The van der Waals surface area contributed by atoms with Crippen LogP contribution in [-0.2, 0) is 19.4 Å². The molecule has 2 aromatic rings. The lowest BCUT2D eigenvalue weighted by Crippen LogP contribution is -2.30. The Bertz CT molecular complexity index is 975. The fourth-order valence-electron chi connectivity index (χ4n) is 2.04. The van der Waals surface area contributed by atoms with Gasteiger partial charge in [0.15, 0.2) is 15.9 Å². The van der Waals surface area contributed by atoms with Crippen LogP contribution in [0, 0.1) is 11.3 Å². The van der Waals surface area contributed by atoms with Crippen LogP contribution >= 0.6 is 0 Å². The highest BCUT2D eigenvalue weighted by Gasteiger charge is 2.20. The minimum absolute atomic E-state index is 0.0768. The van der Waals surface area contributed by atoms with Crippen molar-refractivity contribution in [2.75, 3.05) is 11.6 Å². The summed E-state index contributed by atoms with van der Waals surface area (Å²) in [7, 11) is -3.37. The zero-order chi connectivity index (χ0) is 19.3. The van der Waals surface area contributed by atoms with Gasteiger partial charge in [-0.15, -0.1) is 0 Å². The molecule has 0 spiro atoms. The van der Waals surface area contributed by atoms with E-state index in [1.807, 2.05) is 6.07 Å². The summed E-state index contributed by atoms with van der Waals surface area (Å²) in [5.74, 6) is -1.35. The molecule has 26 heavy (non-hydrogen) atoms. The average Bonchev–Trinajstić information content (AvgIpc) is 2.61. The summed E-state index contributed by atoms with van der Waals surface area (Å²) in [6.07, 6.45) is -0.0462. The molecule has 2 rings (SSSR count). The van der Waals surface area contributed by atoms with E-state index in [1.165, 1.54) is 31.2 Å². The number of carbonyl (C=O) groups excluding carboxylic acids is 2. The summed E-state index contributed by atoms with van der Waals surface area (Å²) in [6, 6.07) is 13.6. The van der Waals surface area contributed by atoms with Gasteiger partial charge in [0.2, 0.25) is 0 Å². The summed E-state index contributed by atoms with van der Waals surface area (Å²) in [5.41, 5.74) is 0.727. The average molecular weight is 372 g/mol. The van der Waals surface area contributed by atoms with Crippen molar-refractivity contribution in [1.29, 1.82) is 5.26 Å². The van der Waals surface area contributed by atoms with E-state index in [0.29, 0.717) is 5.69 Å². The van der Waals surface area contributed by atoms with Crippen LogP contribution in [0.3, 0.4) is 0 Å². The van der Waals surface area contributed by atoms with Gasteiger partial charge in [-0.2, -0.15) is 5.26 Å². The molecule has 0 saturated carbocycles. The van der Waals surface area contributed by atoms with Gasteiger partial charge in [0, 0.05) is 6.26 Å². The van der Waals surface area contributed by atoms with E-state index in [0.717, 1.165) is 6.26 Å². The van der Waals surface area contributed by atoms with Gasteiger partial charge in [-0.05, 0) is 43.3 Å². The van der Waals surface area contributed by atoms with Gasteiger partial charge in [0.05, 0.1) is 21.7 Å². The van der Waals surface area contributed by atoms with Gasteiger partial charge in [0.1, 0.15) is 6.07 Å². The number of sulfone groups is 1. The molecule has 1 atom stereocenters. The lowest BCUT2D eigenvalue weighted by atomic mass is 10.2. The van der Waals surface area contributed by atoms with E-state index >= 15 is 0 Å². The summed E-state index contributed by atoms with van der Waals surface area (Å²) in [5, 5.41) is 11.5. The summed E-state index contributed by atoms with van der Waals surface area (Å²) < 4.78 is 27.9. The molecule has 134 valence electrons. The number of nitrogens with zero attached hydrogens (tertiary/aromatic N) is 1. The second-order valence-corrected chi connectivity index (χ2v) is 7.51. The highest BCUT2D eigenvalue weighted by Crippen LogP contribution is 2.15. The predicted octanol–water partition coefficient (Wildman–Crippen LogP) is 2.15. The Balaban J connectivity index is 2.04. The maximum Gasteiger partial charge on any atom is 0.338 e. The highest BCUT2D eigenvalue weighted by molar-refractivity contribution is 7.90. The number of esters is 1. The van der Waals surface area contributed by atoms with Crippen LogP contribution in [0.1, 0.15) is 22.8 Å². The number of hydrogen-bond acceptors (Lipinski definition) is 6. The first-order valence-corrected chi connectivity index (χ1v) is 9.42. The molecule has 0 bridgehead atoms. The monoisotopic (exact) mass is 372 g/mol. The van der Waals surface area contributed by atoms with Crippen molar-refractivity contribution in [1.82, 2.24) is 0 Å². The van der Waals surface area contributed by atoms with Gasteiger partial charge in [0.25, 0.3) is 5.91 Å². The first kappa shape index (κ1) is 19.1. The molecular weight excluding hydrogens is 356 g/mol. The molecule has 1 unspecified atom stereocenters. The van der Waals surface area contributed by atoms with Crippen LogP contribution < -0.4 is 5.32 Å². The second-order valence-electron chi connectivity index (χ2n) is 5.49. The molecule has 7 nitrogen and oxygen atoms in total. The second kappa shape index (κ2) is 7.80. The lowest BCUT2D eigenvalue weighted by Gasteiger charge is -2.14. The van der Waals surface area contributed by atoms with E-state index in [-0.39, 0.29) is 16.0 Å². The van der Waals surface area contributed by atoms with E-state index in [4.69, 9.17) is 10.00 Å². The molecule has 0 heterocycles. The zero-order valence-electron chi connectivity index (χ0n) is 14.1. The van der Waals surface area contributed by atoms with Gasteiger partial charge in [-0.3, -0.25) is 4.79 Å². The molecule has 1 amide bonds. The molecule has 0 aliphatic carbocycles. The van der Waals surface area contributed by atoms with E-state index in [9.17, 15) is 18.0 Å². The Kier molecular flexibility index (Phi) is 5.75. The first-order chi connectivity index (χ1) is 12.2. The molecule has 0 aromatic heterocycles. The summed E-state index contributed by atoms with van der Waals surface area (Å²) in [4.78, 5) is 24.3. The fraction of sp³-hybridized carbons (Fsp3) is 0.167. The van der Waals surface area contributed by atoms with Crippen molar-refractivity contribution in [3.8, 4) is 6.07 Å². The number of hydrogen-bond donors (Lipinski definition) is 1. The van der Waals surface area contributed by atoms with Crippen molar-refractivity contribution < 1.29 is 22.7 Å². The summed E-state index contributed by atoms with van der Waals surface area (Å²) in [6.45, 7) is 1.40. The van der Waals surface area contributed by atoms with Crippen LogP contribution in [0.15, 0.2) is 53.4 Å².